The monoisotopic (exact) mass is 933 g/mol. The summed E-state index contributed by atoms with van der Waals surface area (Å²) in [5.41, 5.74) is 24.9. The molecule has 1 fully saturated rings. The second-order valence-corrected chi connectivity index (χ2v) is 24.6. The van der Waals surface area contributed by atoms with Crippen LogP contribution in [-0.2, 0) is 27.1 Å². The molecule has 370 valence electrons. The lowest BCUT2D eigenvalue weighted by Crippen LogP contribution is -2.33. The smallest absolute Gasteiger partial charge is 0.0520 e. The van der Waals surface area contributed by atoms with Crippen LogP contribution < -0.4 is 9.80 Å². The van der Waals surface area contributed by atoms with Gasteiger partial charge in [-0.3, -0.25) is 0 Å². The Morgan fingerprint density at radius 2 is 0.843 bits per heavy atom. The predicted molar refractivity (Wildman–Crippen MR) is 307 cm³/mol. The van der Waals surface area contributed by atoms with Gasteiger partial charge in [0.25, 0.3) is 0 Å². The molecular weight excluding hydrogens is 845 g/mol. The van der Waals surface area contributed by atoms with E-state index < -0.39 is 0 Å². The van der Waals surface area contributed by atoms with Crippen LogP contribution >= 0.6 is 0 Å². The summed E-state index contributed by atoms with van der Waals surface area (Å²) in [6.07, 6.45) is 10.5. The van der Waals surface area contributed by atoms with Gasteiger partial charge in [-0.2, -0.15) is 0 Å². The fraction of sp³-hybridized carbons (Fsp3) is 0.471. The summed E-state index contributed by atoms with van der Waals surface area (Å²) in [6.45, 7) is 39.9. The highest BCUT2D eigenvalue weighted by Gasteiger charge is 2.49. The van der Waals surface area contributed by atoms with Crippen molar-refractivity contribution < 1.29 is 0 Å². The highest BCUT2D eigenvalue weighted by atomic mass is 15.2. The van der Waals surface area contributed by atoms with E-state index in [0.717, 1.165) is 32.1 Å². The zero-order chi connectivity index (χ0) is 50.7. The summed E-state index contributed by atoms with van der Waals surface area (Å²) < 4.78 is 0. The molecule has 1 saturated carbocycles. The Morgan fingerprint density at radius 3 is 1.23 bits per heavy atom. The second-order valence-electron chi connectivity index (χ2n) is 24.6. The summed E-state index contributed by atoms with van der Waals surface area (Å²) in [5, 5.41) is 0. The molecule has 0 saturated heterocycles. The van der Waals surface area contributed by atoms with E-state index in [9.17, 15) is 0 Å². The number of aryl methyl sites for hydroxylation is 4. The number of hydrogen-bond donors (Lipinski definition) is 0. The average Bonchev–Trinajstić information content (AvgIpc) is 3.78. The summed E-state index contributed by atoms with van der Waals surface area (Å²) in [5.74, 6) is 0.442. The van der Waals surface area contributed by atoms with Gasteiger partial charge >= 0.3 is 0 Å². The van der Waals surface area contributed by atoms with Gasteiger partial charge < -0.3 is 9.80 Å². The van der Waals surface area contributed by atoms with Gasteiger partial charge in [0.05, 0.1) is 11.4 Å². The number of anilines is 6. The standard InChI is InChI=1S/C68H88N2/c1-18-37-68-38-23-24-60(68)59-43-55(69(53-29-25-49(26-30-53)66(16,19-2)20-3)62-45(6)39-51(40-46(62)7)64(10,11)12)33-35-57(59)58-36-34-56(44-61(58)68)70(54-31-27-50(28-32-54)67(17,21-4)22-5)63-47(8)41-52(42-48(63)9)65(13,14)15/h25-36,39-44,60H,18-24,37-38H2,1-17H3/t60-,68-/m0/s1. The van der Waals surface area contributed by atoms with Gasteiger partial charge in [0.1, 0.15) is 0 Å². The molecule has 0 aliphatic heterocycles. The minimum Gasteiger partial charge on any atom is -0.310 e. The average molecular weight is 933 g/mol. The van der Waals surface area contributed by atoms with Crippen molar-refractivity contribution in [3.8, 4) is 11.1 Å². The fourth-order valence-corrected chi connectivity index (χ4v) is 12.9. The zero-order valence-electron chi connectivity index (χ0n) is 46.7. The van der Waals surface area contributed by atoms with Crippen LogP contribution in [0.2, 0.25) is 0 Å². The normalized spacial score (nSPS) is 17.0. The van der Waals surface area contributed by atoms with Gasteiger partial charge in [-0.05, 0) is 216 Å². The number of nitrogens with zero attached hydrogens (tertiary/aromatic N) is 2. The van der Waals surface area contributed by atoms with Crippen molar-refractivity contribution in [1.29, 1.82) is 0 Å². The first kappa shape index (κ1) is 51.3. The lowest BCUT2D eigenvalue weighted by Gasteiger charge is -2.44. The van der Waals surface area contributed by atoms with Crippen LogP contribution in [0.15, 0.2) is 109 Å². The Hall–Kier alpha value is -5.08. The van der Waals surface area contributed by atoms with E-state index in [4.69, 9.17) is 0 Å². The predicted octanol–water partition coefficient (Wildman–Crippen LogP) is 20.6. The van der Waals surface area contributed by atoms with E-state index in [1.165, 1.54) is 121 Å². The van der Waals surface area contributed by atoms with Crippen LogP contribution in [-0.4, -0.2) is 0 Å². The maximum atomic E-state index is 2.64. The minimum atomic E-state index is 0.0585. The highest BCUT2D eigenvalue weighted by molar-refractivity contribution is 5.88. The molecular formula is C68H88N2. The van der Waals surface area contributed by atoms with Crippen molar-refractivity contribution in [2.75, 3.05) is 9.80 Å². The molecule has 0 amide bonds. The summed E-state index contributed by atoms with van der Waals surface area (Å²) in [6, 6.07) is 44.1. The van der Waals surface area contributed by atoms with Crippen LogP contribution in [0, 0.1) is 27.7 Å². The summed E-state index contributed by atoms with van der Waals surface area (Å²) in [7, 11) is 0. The van der Waals surface area contributed by atoms with Crippen molar-refractivity contribution in [3.63, 3.8) is 0 Å². The first-order chi connectivity index (χ1) is 33.1. The van der Waals surface area contributed by atoms with Crippen LogP contribution in [0.1, 0.15) is 209 Å². The molecule has 2 nitrogen and oxygen atoms in total. The molecule has 0 unspecified atom stereocenters. The third kappa shape index (κ3) is 8.98. The van der Waals surface area contributed by atoms with Crippen LogP contribution in [0.4, 0.5) is 34.1 Å². The van der Waals surface area contributed by atoms with Gasteiger partial charge in [-0.15, -0.1) is 0 Å². The molecule has 0 aromatic heterocycles. The Labute approximate surface area is 426 Å². The Bertz CT molecular complexity index is 2790. The van der Waals surface area contributed by atoms with Crippen molar-refractivity contribution in [2.24, 2.45) is 0 Å². The maximum Gasteiger partial charge on any atom is 0.0520 e. The molecule has 2 aliphatic rings. The van der Waals surface area contributed by atoms with Gasteiger partial charge in [0.2, 0.25) is 0 Å². The van der Waals surface area contributed by atoms with Crippen molar-refractivity contribution in [1.82, 2.24) is 0 Å². The van der Waals surface area contributed by atoms with Crippen LogP contribution in [0.25, 0.3) is 11.1 Å². The fourth-order valence-electron chi connectivity index (χ4n) is 12.9. The zero-order valence-corrected chi connectivity index (χ0v) is 46.7. The molecule has 2 heteroatoms. The second kappa shape index (κ2) is 19.2. The first-order valence-corrected chi connectivity index (χ1v) is 27.4. The maximum absolute atomic E-state index is 2.64. The Morgan fingerprint density at radius 1 is 0.457 bits per heavy atom. The third-order valence-corrected chi connectivity index (χ3v) is 18.2. The molecule has 0 spiro atoms. The molecule has 2 aliphatic carbocycles. The molecule has 0 N–H and O–H groups in total. The van der Waals surface area contributed by atoms with Crippen molar-refractivity contribution in [3.05, 3.63) is 165 Å². The molecule has 70 heavy (non-hydrogen) atoms. The number of rotatable bonds is 14. The van der Waals surface area contributed by atoms with Crippen LogP contribution in [0.3, 0.4) is 0 Å². The van der Waals surface area contributed by atoms with Gasteiger partial charge in [-0.25, -0.2) is 0 Å². The summed E-state index contributed by atoms with van der Waals surface area (Å²) in [4.78, 5) is 5.19. The Balaban J connectivity index is 1.33. The number of benzene rings is 6. The molecule has 0 bridgehead atoms. The quantitative estimate of drug-likeness (QED) is 0.107. The first-order valence-electron chi connectivity index (χ1n) is 27.4. The lowest BCUT2D eigenvalue weighted by atomic mass is 9.60. The van der Waals surface area contributed by atoms with E-state index in [0.29, 0.717) is 5.92 Å². The summed E-state index contributed by atoms with van der Waals surface area (Å²) >= 11 is 0. The largest absolute Gasteiger partial charge is 0.310 e. The van der Waals surface area contributed by atoms with Crippen LogP contribution in [0.5, 0.6) is 0 Å². The number of fused-ring (bicyclic) bond motifs is 6. The molecule has 2 atom stereocenters. The van der Waals surface area contributed by atoms with E-state index in [1.54, 1.807) is 5.56 Å². The van der Waals surface area contributed by atoms with E-state index in [-0.39, 0.29) is 27.1 Å². The topological polar surface area (TPSA) is 6.48 Å². The molecule has 8 rings (SSSR count). The molecule has 6 aromatic carbocycles. The van der Waals surface area contributed by atoms with Crippen molar-refractivity contribution in [2.45, 2.75) is 208 Å². The van der Waals surface area contributed by atoms with Crippen molar-refractivity contribution >= 4 is 34.1 Å². The molecule has 6 aromatic rings. The Kier molecular flexibility index (Phi) is 14.0. The van der Waals surface area contributed by atoms with Gasteiger partial charge in [0, 0.05) is 28.2 Å². The van der Waals surface area contributed by atoms with E-state index in [1.807, 2.05) is 0 Å². The van der Waals surface area contributed by atoms with Gasteiger partial charge in [0.15, 0.2) is 0 Å². The minimum absolute atomic E-state index is 0.0585. The lowest BCUT2D eigenvalue weighted by molar-refractivity contribution is 0.353. The molecule has 0 heterocycles. The van der Waals surface area contributed by atoms with Gasteiger partial charge in [-0.1, -0.05) is 164 Å². The SMILES string of the molecule is CCC[C@]12CCC[C@H]1c1cc(N(c3ccc(C(C)(CC)CC)cc3)c3c(C)cc(C(C)(C)C)cc3C)ccc1-c1ccc(N(c3ccc(C(C)(CC)CC)cc3)c3c(C)cc(C(C)(C)C)cc3C)cc12. The van der Waals surface area contributed by atoms with E-state index >= 15 is 0 Å². The number of hydrogen-bond acceptors (Lipinski definition) is 2. The molecule has 0 radical (unpaired) electrons. The van der Waals surface area contributed by atoms with E-state index in [2.05, 4.69) is 237 Å². The highest BCUT2D eigenvalue weighted by Crippen LogP contribution is 2.62. The third-order valence-electron chi connectivity index (χ3n) is 18.2.